The van der Waals surface area contributed by atoms with Crippen LogP contribution in [0.15, 0.2) is 18.2 Å². The molecule has 2 nitrogen and oxygen atoms in total. The summed E-state index contributed by atoms with van der Waals surface area (Å²) < 4.78 is 13.4. The van der Waals surface area contributed by atoms with Gasteiger partial charge in [0.25, 0.3) is 0 Å². The van der Waals surface area contributed by atoms with Crippen molar-refractivity contribution in [3.63, 3.8) is 0 Å². The standard InChI is InChI=1S/C16H27FN2/c1-11-9-13(7-8-14(11)17)15(10-18)19(6)12(2)16(3,4)5/h7-9,12,15H,10,18H2,1-6H3. The van der Waals surface area contributed by atoms with Gasteiger partial charge in [-0.1, -0.05) is 32.9 Å². The Kier molecular flexibility index (Phi) is 5.11. The van der Waals surface area contributed by atoms with E-state index in [0.717, 1.165) is 5.56 Å². The number of nitrogens with zero attached hydrogens (tertiary/aromatic N) is 1. The van der Waals surface area contributed by atoms with E-state index in [4.69, 9.17) is 5.73 Å². The lowest BCUT2D eigenvalue weighted by Crippen LogP contribution is -2.43. The van der Waals surface area contributed by atoms with Crippen molar-refractivity contribution in [1.82, 2.24) is 4.90 Å². The number of nitrogens with two attached hydrogens (primary N) is 1. The lowest BCUT2D eigenvalue weighted by molar-refractivity contribution is 0.100. The fourth-order valence-corrected chi connectivity index (χ4v) is 2.29. The number of hydrogen-bond acceptors (Lipinski definition) is 2. The lowest BCUT2D eigenvalue weighted by atomic mass is 9.85. The summed E-state index contributed by atoms with van der Waals surface area (Å²) in [6, 6.07) is 5.77. The van der Waals surface area contributed by atoms with E-state index in [1.165, 1.54) is 6.07 Å². The van der Waals surface area contributed by atoms with E-state index in [1.807, 2.05) is 12.1 Å². The van der Waals surface area contributed by atoms with Crippen LogP contribution in [0, 0.1) is 18.2 Å². The Bertz CT molecular complexity index is 423. The second-order valence-corrected chi connectivity index (χ2v) is 6.47. The zero-order valence-electron chi connectivity index (χ0n) is 13.0. The van der Waals surface area contributed by atoms with Crippen LogP contribution in [-0.4, -0.2) is 24.5 Å². The summed E-state index contributed by atoms with van der Waals surface area (Å²) in [6.45, 7) is 11.2. The molecule has 19 heavy (non-hydrogen) atoms. The maximum atomic E-state index is 13.4. The van der Waals surface area contributed by atoms with Crippen molar-refractivity contribution in [3.05, 3.63) is 35.1 Å². The molecule has 1 aromatic carbocycles. The Morgan fingerprint density at radius 2 is 1.89 bits per heavy atom. The van der Waals surface area contributed by atoms with Crippen LogP contribution in [0.1, 0.15) is 44.9 Å². The lowest BCUT2D eigenvalue weighted by Gasteiger charge is -2.40. The fourth-order valence-electron chi connectivity index (χ4n) is 2.29. The van der Waals surface area contributed by atoms with Crippen LogP contribution in [0.2, 0.25) is 0 Å². The molecule has 1 aromatic rings. The smallest absolute Gasteiger partial charge is 0.126 e. The number of aryl methyl sites for hydroxylation is 1. The van der Waals surface area contributed by atoms with Gasteiger partial charge in [0.2, 0.25) is 0 Å². The molecule has 2 unspecified atom stereocenters. The zero-order valence-corrected chi connectivity index (χ0v) is 13.0. The maximum Gasteiger partial charge on any atom is 0.126 e. The summed E-state index contributed by atoms with van der Waals surface area (Å²) in [5.41, 5.74) is 7.87. The minimum Gasteiger partial charge on any atom is -0.329 e. The van der Waals surface area contributed by atoms with Crippen LogP contribution in [0.4, 0.5) is 4.39 Å². The molecule has 0 fully saturated rings. The summed E-state index contributed by atoms with van der Waals surface area (Å²) in [5.74, 6) is -0.161. The zero-order chi connectivity index (χ0) is 14.8. The molecule has 0 heterocycles. The summed E-state index contributed by atoms with van der Waals surface area (Å²) in [5, 5.41) is 0. The van der Waals surface area contributed by atoms with E-state index in [2.05, 4.69) is 39.6 Å². The normalized spacial score (nSPS) is 15.6. The third kappa shape index (κ3) is 3.77. The molecule has 0 aliphatic rings. The summed E-state index contributed by atoms with van der Waals surface area (Å²) in [6.07, 6.45) is 0. The Labute approximate surface area is 116 Å². The predicted molar refractivity (Wildman–Crippen MR) is 79.6 cm³/mol. The van der Waals surface area contributed by atoms with Crippen LogP contribution in [-0.2, 0) is 0 Å². The third-order valence-corrected chi connectivity index (χ3v) is 4.15. The number of rotatable bonds is 4. The van der Waals surface area contributed by atoms with Crippen molar-refractivity contribution in [2.24, 2.45) is 11.1 Å². The van der Waals surface area contributed by atoms with Gasteiger partial charge in [-0.3, -0.25) is 4.90 Å². The van der Waals surface area contributed by atoms with Crippen LogP contribution >= 0.6 is 0 Å². The van der Waals surface area contributed by atoms with E-state index in [1.54, 1.807) is 6.92 Å². The van der Waals surface area contributed by atoms with Crippen molar-refractivity contribution >= 4 is 0 Å². The first-order valence-electron chi connectivity index (χ1n) is 6.86. The minimum atomic E-state index is -0.161. The molecule has 0 amide bonds. The molecule has 2 atom stereocenters. The van der Waals surface area contributed by atoms with Crippen molar-refractivity contribution in [1.29, 1.82) is 0 Å². The molecule has 0 radical (unpaired) electrons. The van der Waals surface area contributed by atoms with Crippen LogP contribution < -0.4 is 5.73 Å². The Morgan fingerprint density at radius 1 is 1.32 bits per heavy atom. The Morgan fingerprint density at radius 3 is 2.32 bits per heavy atom. The fraction of sp³-hybridized carbons (Fsp3) is 0.625. The molecule has 0 saturated carbocycles. The predicted octanol–water partition coefficient (Wildman–Crippen LogP) is 3.50. The largest absolute Gasteiger partial charge is 0.329 e. The summed E-state index contributed by atoms with van der Waals surface area (Å²) in [4.78, 5) is 2.28. The molecule has 0 saturated heterocycles. The maximum absolute atomic E-state index is 13.4. The average molecular weight is 266 g/mol. The molecule has 0 aromatic heterocycles. The van der Waals surface area contributed by atoms with E-state index in [-0.39, 0.29) is 17.3 Å². The van der Waals surface area contributed by atoms with E-state index in [9.17, 15) is 4.39 Å². The molecule has 0 aliphatic carbocycles. The van der Waals surface area contributed by atoms with Crippen LogP contribution in [0.5, 0.6) is 0 Å². The van der Waals surface area contributed by atoms with E-state index < -0.39 is 0 Å². The quantitative estimate of drug-likeness (QED) is 0.903. The molecular formula is C16H27FN2. The number of hydrogen-bond donors (Lipinski definition) is 1. The van der Waals surface area contributed by atoms with Crippen molar-refractivity contribution in [2.75, 3.05) is 13.6 Å². The minimum absolute atomic E-state index is 0.119. The first-order chi connectivity index (χ1) is 8.68. The third-order valence-electron chi connectivity index (χ3n) is 4.15. The highest BCUT2D eigenvalue weighted by atomic mass is 19.1. The van der Waals surface area contributed by atoms with Gasteiger partial charge >= 0.3 is 0 Å². The molecular weight excluding hydrogens is 239 g/mol. The van der Waals surface area contributed by atoms with Crippen LogP contribution in [0.3, 0.4) is 0 Å². The number of halogens is 1. The van der Waals surface area contributed by atoms with Crippen LogP contribution in [0.25, 0.3) is 0 Å². The van der Waals surface area contributed by atoms with Gasteiger partial charge in [-0.2, -0.15) is 0 Å². The van der Waals surface area contributed by atoms with Crippen molar-refractivity contribution in [2.45, 2.75) is 46.7 Å². The number of benzene rings is 1. The second-order valence-electron chi connectivity index (χ2n) is 6.47. The van der Waals surface area contributed by atoms with Gasteiger partial charge in [0.05, 0.1) is 0 Å². The molecule has 1 rings (SSSR count). The van der Waals surface area contributed by atoms with Gasteiger partial charge in [0, 0.05) is 18.6 Å². The highest BCUT2D eigenvalue weighted by Gasteiger charge is 2.28. The van der Waals surface area contributed by atoms with Gasteiger partial charge in [0.1, 0.15) is 5.82 Å². The monoisotopic (exact) mass is 266 g/mol. The topological polar surface area (TPSA) is 29.3 Å². The van der Waals surface area contributed by atoms with Gasteiger partial charge < -0.3 is 5.73 Å². The Hall–Kier alpha value is -0.930. The van der Waals surface area contributed by atoms with Gasteiger partial charge in [-0.15, -0.1) is 0 Å². The molecule has 2 N–H and O–H groups in total. The first kappa shape index (κ1) is 16.1. The summed E-state index contributed by atoms with van der Waals surface area (Å²) >= 11 is 0. The molecule has 0 bridgehead atoms. The summed E-state index contributed by atoms with van der Waals surface area (Å²) in [7, 11) is 2.09. The van der Waals surface area contributed by atoms with Gasteiger partial charge in [-0.05, 0) is 43.5 Å². The number of likely N-dealkylation sites (N-methyl/N-ethyl adjacent to an activating group) is 1. The van der Waals surface area contributed by atoms with E-state index >= 15 is 0 Å². The molecule has 3 heteroatoms. The highest BCUT2D eigenvalue weighted by Crippen LogP contribution is 2.30. The van der Waals surface area contributed by atoms with Crippen molar-refractivity contribution < 1.29 is 4.39 Å². The highest BCUT2D eigenvalue weighted by molar-refractivity contribution is 5.27. The Balaban J connectivity index is 3.03. The average Bonchev–Trinajstić information content (AvgIpc) is 2.32. The molecule has 108 valence electrons. The van der Waals surface area contributed by atoms with E-state index in [0.29, 0.717) is 18.2 Å². The molecule has 0 spiro atoms. The molecule has 0 aliphatic heterocycles. The van der Waals surface area contributed by atoms with Crippen molar-refractivity contribution in [3.8, 4) is 0 Å². The first-order valence-corrected chi connectivity index (χ1v) is 6.86. The van der Waals surface area contributed by atoms with Gasteiger partial charge in [-0.25, -0.2) is 4.39 Å². The van der Waals surface area contributed by atoms with Gasteiger partial charge in [0.15, 0.2) is 0 Å². The SMILES string of the molecule is Cc1cc(C(CN)N(C)C(C)C(C)(C)C)ccc1F. The second kappa shape index (κ2) is 6.02.